The Bertz CT molecular complexity index is 347. The third-order valence-electron chi connectivity index (χ3n) is 2.84. The van der Waals surface area contributed by atoms with Crippen molar-refractivity contribution in [1.29, 1.82) is 0 Å². The van der Waals surface area contributed by atoms with Gasteiger partial charge in [0.05, 0.1) is 11.3 Å². The van der Waals surface area contributed by atoms with Crippen LogP contribution in [0, 0.1) is 0 Å². The normalized spacial score (nSPS) is 25.6. The summed E-state index contributed by atoms with van der Waals surface area (Å²) in [6.07, 6.45) is 1.76. The lowest BCUT2D eigenvalue weighted by atomic mass is 9.99. The molecule has 0 spiro atoms. The van der Waals surface area contributed by atoms with Crippen LogP contribution in [0.15, 0.2) is 0 Å². The van der Waals surface area contributed by atoms with Crippen LogP contribution in [0.2, 0.25) is 0 Å². The zero-order valence-electron chi connectivity index (χ0n) is 9.67. The minimum atomic E-state index is -3.24. The molecule has 0 bridgehead atoms. The third-order valence-corrected chi connectivity index (χ3v) is 4.20. The molecule has 1 saturated heterocycles. The summed E-state index contributed by atoms with van der Waals surface area (Å²) in [6.45, 7) is 2.81. The van der Waals surface area contributed by atoms with Crippen molar-refractivity contribution in [2.45, 2.75) is 25.3 Å². The molecule has 16 heavy (non-hydrogen) atoms. The Morgan fingerprint density at radius 1 is 1.50 bits per heavy atom. The zero-order valence-corrected chi connectivity index (χ0v) is 10.5. The summed E-state index contributed by atoms with van der Waals surface area (Å²) in [4.78, 5) is 11.8. The van der Waals surface area contributed by atoms with Crippen LogP contribution >= 0.6 is 0 Å². The van der Waals surface area contributed by atoms with Crippen molar-refractivity contribution in [2.24, 2.45) is 0 Å². The summed E-state index contributed by atoms with van der Waals surface area (Å²) in [5, 5.41) is 5.75. The Morgan fingerprint density at radius 3 is 2.69 bits per heavy atom. The van der Waals surface area contributed by atoms with Crippen molar-refractivity contribution in [3.05, 3.63) is 0 Å². The van der Waals surface area contributed by atoms with Crippen LogP contribution in [-0.2, 0) is 14.8 Å². The van der Waals surface area contributed by atoms with Crippen LogP contribution in [0.4, 0.5) is 0 Å². The molecule has 1 unspecified atom stereocenters. The summed E-state index contributed by atoms with van der Waals surface area (Å²) in [7, 11) is -1.89. The van der Waals surface area contributed by atoms with Crippen LogP contribution in [0.3, 0.4) is 0 Å². The lowest BCUT2D eigenvalue weighted by Crippen LogP contribution is -2.52. The van der Waals surface area contributed by atoms with Gasteiger partial charge in [0.1, 0.15) is 0 Å². The number of sulfonamides is 1. The molecule has 1 rings (SSSR count). The first kappa shape index (κ1) is 13.4. The van der Waals surface area contributed by atoms with Gasteiger partial charge >= 0.3 is 0 Å². The van der Waals surface area contributed by atoms with Crippen LogP contribution < -0.4 is 15.4 Å². The van der Waals surface area contributed by atoms with E-state index in [-0.39, 0.29) is 18.2 Å². The van der Waals surface area contributed by atoms with Crippen molar-refractivity contribution < 1.29 is 13.2 Å². The summed E-state index contributed by atoms with van der Waals surface area (Å²) >= 11 is 0. The molecule has 0 aromatic rings. The molecule has 1 amide bonds. The zero-order chi connectivity index (χ0) is 12.2. The molecule has 3 N–H and O–H groups in total. The minimum Gasteiger partial charge on any atom is -0.353 e. The average Bonchev–Trinajstić information content (AvgIpc) is 2.66. The van der Waals surface area contributed by atoms with Gasteiger partial charge in [-0.2, -0.15) is 0 Å². The van der Waals surface area contributed by atoms with Crippen LogP contribution in [-0.4, -0.2) is 45.8 Å². The fourth-order valence-electron chi connectivity index (χ4n) is 1.68. The van der Waals surface area contributed by atoms with E-state index in [1.165, 1.54) is 7.05 Å². The molecule has 0 aliphatic carbocycles. The molecule has 1 atom stereocenters. The topological polar surface area (TPSA) is 87.3 Å². The molecule has 1 fully saturated rings. The first-order chi connectivity index (χ1) is 7.40. The largest absolute Gasteiger partial charge is 0.353 e. The predicted molar refractivity (Wildman–Crippen MR) is 61.5 cm³/mol. The molecule has 94 valence electrons. The maximum absolute atomic E-state index is 11.8. The Morgan fingerprint density at radius 2 is 2.19 bits per heavy atom. The van der Waals surface area contributed by atoms with E-state index >= 15 is 0 Å². The van der Waals surface area contributed by atoms with Crippen molar-refractivity contribution in [2.75, 3.05) is 25.9 Å². The molecule has 1 heterocycles. The molecule has 1 aliphatic heterocycles. The molecule has 0 saturated carbocycles. The van der Waals surface area contributed by atoms with Gasteiger partial charge < -0.3 is 10.6 Å². The summed E-state index contributed by atoms with van der Waals surface area (Å²) < 4.78 is 24.4. The van der Waals surface area contributed by atoms with Gasteiger partial charge in [-0.3, -0.25) is 4.79 Å². The first-order valence-electron chi connectivity index (χ1n) is 5.34. The first-order valence-corrected chi connectivity index (χ1v) is 6.99. The summed E-state index contributed by atoms with van der Waals surface area (Å²) in [6, 6.07) is 0. The van der Waals surface area contributed by atoms with Gasteiger partial charge in [-0.1, -0.05) is 0 Å². The number of hydrogen-bond donors (Lipinski definition) is 3. The van der Waals surface area contributed by atoms with Gasteiger partial charge in [-0.15, -0.1) is 0 Å². The average molecular weight is 249 g/mol. The molecule has 7 heteroatoms. The second kappa shape index (κ2) is 5.11. The van der Waals surface area contributed by atoms with E-state index in [4.69, 9.17) is 0 Å². The van der Waals surface area contributed by atoms with Crippen molar-refractivity contribution in [3.63, 3.8) is 0 Å². The van der Waals surface area contributed by atoms with Gasteiger partial charge in [0.25, 0.3) is 0 Å². The van der Waals surface area contributed by atoms with Crippen LogP contribution in [0.5, 0.6) is 0 Å². The number of nitrogens with one attached hydrogen (secondary N) is 3. The molecule has 0 aromatic heterocycles. The summed E-state index contributed by atoms with van der Waals surface area (Å²) in [5.41, 5.74) is -0.538. The van der Waals surface area contributed by atoms with Crippen molar-refractivity contribution in [3.8, 4) is 0 Å². The highest BCUT2D eigenvalue weighted by Crippen LogP contribution is 2.18. The fourth-order valence-corrected chi connectivity index (χ4v) is 2.26. The van der Waals surface area contributed by atoms with E-state index in [1.807, 2.05) is 6.92 Å². The number of carbonyl (C=O) groups is 1. The molecule has 6 nitrogen and oxygen atoms in total. The Balaban J connectivity index is 2.36. The highest BCUT2D eigenvalue weighted by Gasteiger charge is 2.35. The van der Waals surface area contributed by atoms with E-state index in [0.717, 1.165) is 19.4 Å². The fraction of sp³-hybridized carbons (Fsp3) is 0.889. The van der Waals surface area contributed by atoms with Gasteiger partial charge in [0.2, 0.25) is 15.9 Å². The van der Waals surface area contributed by atoms with E-state index in [9.17, 15) is 13.2 Å². The Kier molecular flexibility index (Phi) is 4.28. The lowest BCUT2D eigenvalue weighted by molar-refractivity contribution is -0.126. The van der Waals surface area contributed by atoms with Crippen LogP contribution in [0.1, 0.15) is 19.8 Å². The molecular weight excluding hydrogens is 230 g/mol. The monoisotopic (exact) mass is 249 g/mol. The van der Waals surface area contributed by atoms with E-state index in [2.05, 4.69) is 15.4 Å². The second-order valence-corrected chi connectivity index (χ2v) is 6.19. The van der Waals surface area contributed by atoms with Crippen molar-refractivity contribution >= 4 is 15.9 Å². The summed E-state index contributed by atoms with van der Waals surface area (Å²) in [5.74, 6) is -0.220. The smallest absolute Gasteiger partial charge is 0.240 e. The van der Waals surface area contributed by atoms with Crippen molar-refractivity contribution in [1.82, 2.24) is 15.4 Å². The minimum absolute atomic E-state index is 0.0919. The van der Waals surface area contributed by atoms with Gasteiger partial charge in [0, 0.05) is 6.54 Å². The number of hydrogen-bond acceptors (Lipinski definition) is 4. The lowest BCUT2D eigenvalue weighted by Gasteiger charge is -2.22. The highest BCUT2D eigenvalue weighted by molar-refractivity contribution is 7.89. The number of carbonyl (C=O) groups excluding carboxylic acids is 1. The number of amides is 1. The van der Waals surface area contributed by atoms with E-state index in [1.54, 1.807) is 0 Å². The van der Waals surface area contributed by atoms with Gasteiger partial charge in [-0.05, 0) is 33.4 Å². The van der Waals surface area contributed by atoms with Gasteiger partial charge in [0.15, 0.2) is 0 Å². The molecular formula is C9H19N3O3S. The molecule has 0 radical (unpaired) electrons. The number of rotatable bonds is 5. The predicted octanol–water partition coefficient (Wildman–Crippen LogP) is -1.21. The second-order valence-electron chi connectivity index (χ2n) is 4.14. The Hall–Kier alpha value is -0.660. The maximum atomic E-state index is 11.8. The van der Waals surface area contributed by atoms with Crippen LogP contribution in [0.25, 0.3) is 0 Å². The third kappa shape index (κ3) is 3.43. The molecule has 1 aliphatic rings. The van der Waals surface area contributed by atoms with E-state index < -0.39 is 15.6 Å². The van der Waals surface area contributed by atoms with E-state index in [0.29, 0.717) is 0 Å². The SMILES string of the molecule is CNS(=O)(=O)CCNC(=O)C1(C)CCCN1. The Labute approximate surface area is 96.2 Å². The molecule has 0 aromatic carbocycles. The van der Waals surface area contributed by atoms with Gasteiger partial charge in [-0.25, -0.2) is 13.1 Å². The highest BCUT2D eigenvalue weighted by atomic mass is 32.2. The maximum Gasteiger partial charge on any atom is 0.240 e. The quantitative estimate of drug-likeness (QED) is 0.571. The standard InChI is InChI=1S/C9H19N3O3S/c1-9(4-3-5-12-9)8(13)11-6-7-16(14,15)10-2/h10,12H,3-7H2,1-2H3,(H,11,13).